The molecule has 0 aliphatic heterocycles. The summed E-state index contributed by atoms with van der Waals surface area (Å²) in [5.74, 6) is -1.41. The first kappa shape index (κ1) is 16.4. The SMILES string of the molecule is COc1cc([N+](=O)[O-])cc(Cl)c1C1C(=O)CC(C)(C)CC1=O. The highest BCUT2D eigenvalue weighted by molar-refractivity contribution is 6.33. The van der Waals surface area contributed by atoms with Gasteiger partial charge in [-0.25, -0.2) is 0 Å². The van der Waals surface area contributed by atoms with Gasteiger partial charge >= 0.3 is 0 Å². The number of carbonyl (C=O) groups excluding carboxylic acids is 2. The van der Waals surface area contributed by atoms with Crippen LogP contribution in [0.15, 0.2) is 12.1 Å². The maximum Gasteiger partial charge on any atom is 0.274 e. The van der Waals surface area contributed by atoms with Crippen molar-refractivity contribution >= 4 is 28.9 Å². The number of halogens is 1. The Bertz CT molecular complexity index is 648. The number of nitrogens with zero attached hydrogens (tertiary/aromatic N) is 1. The molecule has 1 fully saturated rings. The monoisotopic (exact) mass is 325 g/mol. The van der Waals surface area contributed by atoms with E-state index in [-0.39, 0.29) is 51.8 Å². The zero-order valence-corrected chi connectivity index (χ0v) is 13.3. The highest BCUT2D eigenvalue weighted by Crippen LogP contribution is 2.44. The van der Waals surface area contributed by atoms with Gasteiger partial charge in [0.05, 0.1) is 23.1 Å². The van der Waals surface area contributed by atoms with E-state index in [1.165, 1.54) is 13.2 Å². The van der Waals surface area contributed by atoms with E-state index in [0.717, 1.165) is 6.07 Å². The van der Waals surface area contributed by atoms with Crippen LogP contribution in [0, 0.1) is 15.5 Å². The molecule has 0 radical (unpaired) electrons. The lowest BCUT2D eigenvalue weighted by molar-refractivity contribution is -0.384. The molecule has 2 rings (SSSR count). The van der Waals surface area contributed by atoms with Crippen molar-refractivity contribution in [1.82, 2.24) is 0 Å². The molecule has 118 valence electrons. The molecule has 1 saturated carbocycles. The molecule has 0 aromatic heterocycles. The summed E-state index contributed by atoms with van der Waals surface area (Å²) in [7, 11) is 1.32. The number of benzene rings is 1. The molecule has 0 atom stereocenters. The van der Waals surface area contributed by atoms with Crippen LogP contribution in [0.4, 0.5) is 5.69 Å². The molecule has 1 aromatic rings. The van der Waals surface area contributed by atoms with E-state index in [2.05, 4.69) is 0 Å². The Morgan fingerprint density at radius 2 is 1.82 bits per heavy atom. The van der Waals surface area contributed by atoms with Gasteiger partial charge in [-0.15, -0.1) is 0 Å². The second kappa shape index (κ2) is 5.68. The van der Waals surface area contributed by atoms with Crippen LogP contribution in [-0.2, 0) is 9.59 Å². The van der Waals surface area contributed by atoms with E-state index < -0.39 is 10.8 Å². The topological polar surface area (TPSA) is 86.5 Å². The predicted molar refractivity (Wildman–Crippen MR) is 80.4 cm³/mol. The van der Waals surface area contributed by atoms with Crippen LogP contribution in [0.5, 0.6) is 5.75 Å². The average Bonchev–Trinajstić information content (AvgIpc) is 2.37. The van der Waals surface area contributed by atoms with Crippen molar-refractivity contribution in [2.45, 2.75) is 32.6 Å². The van der Waals surface area contributed by atoms with Gasteiger partial charge < -0.3 is 4.74 Å². The number of nitro benzene ring substituents is 1. The van der Waals surface area contributed by atoms with E-state index in [9.17, 15) is 19.7 Å². The number of non-ortho nitro benzene ring substituents is 1. The minimum absolute atomic E-state index is 0.00236. The standard InChI is InChI=1S/C15H16ClNO5/c1-15(2)6-10(18)14(11(19)7-15)13-9(16)4-8(17(20)21)5-12(13)22-3/h4-5,14H,6-7H2,1-3H3. The summed E-state index contributed by atoms with van der Waals surface area (Å²) < 4.78 is 5.13. The fraction of sp³-hybridized carbons (Fsp3) is 0.467. The van der Waals surface area contributed by atoms with E-state index in [4.69, 9.17) is 16.3 Å². The van der Waals surface area contributed by atoms with Gasteiger partial charge in [0.15, 0.2) is 0 Å². The summed E-state index contributed by atoms with van der Waals surface area (Å²) in [6, 6.07) is 2.32. The highest BCUT2D eigenvalue weighted by Gasteiger charge is 2.42. The maximum absolute atomic E-state index is 12.4. The molecule has 1 aromatic carbocycles. The number of ether oxygens (including phenoxy) is 1. The van der Waals surface area contributed by atoms with Crippen LogP contribution in [0.3, 0.4) is 0 Å². The third-order valence-corrected chi connectivity index (χ3v) is 4.06. The van der Waals surface area contributed by atoms with Crippen molar-refractivity contribution < 1.29 is 19.2 Å². The molecular formula is C15H16ClNO5. The molecular weight excluding hydrogens is 310 g/mol. The molecule has 0 N–H and O–H groups in total. The number of carbonyl (C=O) groups is 2. The van der Waals surface area contributed by atoms with Gasteiger partial charge in [0.1, 0.15) is 23.2 Å². The summed E-state index contributed by atoms with van der Waals surface area (Å²) in [5, 5.41) is 10.9. The Kier molecular flexibility index (Phi) is 4.24. The Labute approximate surface area is 132 Å². The van der Waals surface area contributed by atoms with Crippen LogP contribution < -0.4 is 4.74 Å². The minimum Gasteiger partial charge on any atom is -0.496 e. The van der Waals surface area contributed by atoms with Crippen molar-refractivity contribution in [3.8, 4) is 5.75 Å². The number of hydrogen-bond acceptors (Lipinski definition) is 5. The van der Waals surface area contributed by atoms with Crippen LogP contribution in [-0.4, -0.2) is 23.6 Å². The van der Waals surface area contributed by atoms with Gasteiger partial charge in [0.25, 0.3) is 5.69 Å². The number of hydrogen-bond donors (Lipinski definition) is 0. The van der Waals surface area contributed by atoms with Gasteiger partial charge in [-0.05, 0) is 5.41 Å². The fourth-order valence-corrected chi connectivity index (χ4v) is 3.16. The van der Waals surface area contributed by atoms with Crippen LogP contribution in [0.25, 0.3) is 0 Å². The van der Waals surface area contributed by atoms with Crippen molar-refractivity contribution in [2.75, 3.05) is 7.11 Å². The van der Waals surface area contributed by atoms with Crippen LogP contribution in [0.2, 0.25) is 5.02 Å². The molecule has 0 bridgehead atoms. The van der Waals surface area contributed by atoms with Crippen molar-refractivity contribution in [1.29, 1.82) is 0 Å². The second-order valence-electron chi connectivity index (χ2n) is 6.18. The molecule has 0 saturated heterocycles. The average molecular weight is 326 g/mol. The van der Waals surface area contributed by atoms with Gasteiger partial charge in [-0.3, -0.25) is 19.7 Å². The normalized spacial score (nSPS) is 18.4. The largest absolute Gasteiger partial charge is 0.496 e. The summed E-state index contributed by atoms with van der Waals surface area (Å²) in [4.78, 5) is 35.1. The minimum atomic E-state index is -1.02. The highest BCUT2D eigenvalue weighted by atomic mass is 35.5. The predicted octanol–water partition coefficient (Wildman–Crippen LogP) is 3.30. The smallest absolute Gasteiger partial charge is 0.274 e. The Balaban J connectivity index is 2.55. The maximum atomic E-state index is 12.4. The van der Waals surface area contributed by atoms with Gasteiger partial charge in [0, 0.05) is 24.5 Å². The van der Waals surface area contributed by atoms with Crippen LogP contribution in [0.1, 0.15) is 38.2 Å². The molecule has 0 unspecified atom stereocenters. The molecule has 0 amide bonds. The first-order chi connectivity index (χ1) is 10.2. The summed E-state index contributed by atoms with van der Waals surface area (Å²) >= 11 is 6.10. The lowest BCUT2D eigenvalue weighted by atomic mass is 9.69. The van der Waals surface area contributed by atoms with Gasteiger partial charge in [-0.1, -0.05) is 25.4 Å². The Hall–Kier alpha value is -1.95. The molecule has 22 heavy (non-hydrogen) atoms. The lowest BCUT2D eigenvalue weighted by Gasteiger charge is -2.32. The molecule has 0 spiro atoms. The van der Waals surface area contributed by atoms with E-state index in [1.807, 2.05) is 13.8 Å². The number of rotatable bonds is 3. The lowest BCUT2D eigenvalue weighted by Crippen LogP contribution is -2.36. The molecule has 1 aliphatic carbocycles. The summed E-state index contributed by atoms with van der Waals surface area (Å²) in [5.41, 5.74) is -0.410. The Morgan fingerprint density at radius 3 is 2.27 bits per heavy atom. The second-order valence-corrected chi connectivity index (χ2v) is 6.59. The molecule has 6 nitrogen and oxygen atoms in total. The summed E-state index contributed by atoms with van der Waals surface area (Å²) in [6.45, 7) is 3.71. The number of ketones is 2. The van der Waals surface area contributed by atoms with E-state index in [0.29, 0.717) is 0 Å². The number of Topliss-reactive ketones (excluding diaryl/α,β-unsaturated/α-hetero) is 2. The molecule has 0 heterocycles. The van der Waals surface area contributed by atoms with E-state index >= 15 is 0 Å². The molecule has 1 aliphatic rings. The third-order valence-electron chi connectivity index (χ3n) is 3.75. The van der Waals surface area contributed by atoms with Crippen molar-refractivity contribution in [3.05, 3.63) is 32.8 Å². The zero-order valence-electron chi connectivity index (χ0n) is 12.5. The molecule has 7 heteroatoms. The van der Waals surface area contributed by atoms with Gasteiger partial charge in [-0.2, -0.15) is 0 Å². The quantitative estimate of drug-likeness (QED) is 0.483. The number of methoxy groups -OCH3 is 1. The van der Waals surface area contributed by atoms with Crippen molar-refractivity contribution in [3.63, 3.8) is 0 Å². The Morgan fingerprint density at radius 1 is 1.27 bits per heavy atom. The first-order valence-corrected chi connectivity index (χ1v) is 7.11. The van der Waals surface area contributed by atoms with E-state index in [1.54, 1.807) is 0 Å². The van der Waals surface area contributed by atoms with Crippen molar-refractivity contribution in [2.24, 2.45) is 5.41 Å². The zero-order chi connectivity index (χ0) is 16.7. The fourth-order valence-electron chi connectivity index (χ4n) is 2.84. The van der Waals surface area contributed by atoms with Crippen LogP contribution >= 0.6 is 11.6 Å². The van der Waals surface area contributed by atoms with Gasteiger partial charge in [0.2, 0.25) is 0 Å². The first-order valence-electron chi connectivity index (χ1n) is 6.73. The number of nitro groups is 1. The summed E-state index contributed by atoms with van der Waals surface area (Å²) in [6.07, 6.45) is 0.500. The third kappa shape index (κ3) is 2.97.